The third kappa shape index (κ3) is 8.88. The van der Waals surface area contributed by atoms with Crippen LogP contribution in [0.4, 0.5) is 0 Å². The number of primary amides is 1. The van der Waals surface area contributed by atoms with Gasteiger partial charge in [-0.25, -0.2) is 9.78 Å². The number of amides is 4. The molecule has 42 heavy (non-hydrogen) atoms. The summed E-state index contributed by atoms with van der Waals surface area (Å²) in [5.74, 6) is -6.33. The number of benzene rings is 1. The Labute approximate surface area is 238 Å². The summed E-state index contributed by atoms with van der Waals surface area (Å²) in [6, 6.07) is 1.83. The van der Waals surface area contributed by atoms with Crippen molar-refractivity contribution in [2.45, 2.75) is 56.3 Å². The number of hydrogen-bond donors (Lipinski definition) is 9. The van der Waals surface area contributed by atoms with Gasteiger partial charge in [0.25, 0.3) is 0 Å². The third-order valence-electron chi connectivity index (χ3n) is 6.36. The van der Waals surface area contributed by atoms with Crippen molar-refractivity contribution in [1.82, 2.24) is 30.9 Å². The molecule has 0 saturated heterocycles. The lowest BCUT2D eigenvalue weighted by atomic mass is 10.0. The van der Waals surface area contributed by atoms with Gasteiger partial charge in [0.05, 0.1) is 18.8 Å². The van der Waals surface area contributed by atoms with Gasteiger partial charge in [-0.05, 0) is 24.5 Å². The highest BCUT2D eigenvalue weighted by Crippen LogP contribution is 2.19. The molecule has 4 unspecified atom stereocenters. The molecule has 3 aromatic rings. The summed E-state index contributed by atoms with van der Waals surface area (Å²) < 4.78 is 0. The number of aliphatic carboxylic acids is 2. The molecule has 2 aromatic heterocycles. The van der Waals surface area contributed by atoms with Crippen molar-refractivity contribution in [3.05, 3.63) is 54.2 Å². The fourth-order valence-electron chi connectivity index (χ4n) is 4.22. The van der Waals surface area contributed by atoms with Crippen LogP contribution in [-0.2, 0) is 41.6 Å². The Bertz CT molecular complexity index is 1440. The molecule has 0 aliphatic carbocycles. The van der Waals surface area contributed by atoms with E-state index in [4.69, 9.17) is 11.5 Å². The Morgan fingerprint density at radius 3 is 2.19 bits per heavy atom. The topological polar surface area (TPSA) is 275 Å². The number of carboxylic acid groups (broad SMARTS) is 2. The number of H-pyrrole nitrogens is 2. The van der Waals surface area contributed by atoms with Gasteiger partial charge in [-0.15, -0.1) is 0 Å². The standard InChI is InChI=1S/C26H32N8O8/c27-16(7-13-10-30-17-4-2-1-3-15(13)17)23(38)32-18(5-6-22(36)37)24(39)33-19(8-14-11-29-12-31-14)25(40)34-20(26(41)42)9-21(28)35/h1-4,10-12,16,18-20,30H,5-9,27H2,(H2,28,35)(H,29,31)(H,32,38)(H,33,39)(H,34,40)(H,36,37)(H,41,42). The number of nitrogens with zero attached hydrogens (tertiary/aromatic N) is 1. The van der Waals surface area contributed by atoms with Gasteiger partial charge in [-0.1, -0.05) is 18.2 Å². The first kappa shape index (κ1) is 31.3. The van der Waals surface area contributed by atoms with Crippen LogP contribution in [0, 0.1) is 0 Å². The number of hydrogen-bond acceptors (Lipinski definition) is 8. The normalized spacial score (nSPS) is 13.8. The molecule has 0 radical (unpaired) electrons. The van der Waals surface area contributed by atoms with Crippen molar-refractivity contribution in [1.29, 1.82) is 0 Å². The van der Waals surface area contributed by atoms with E-state index in [9.17, 15) is 39.0 Å². The van der Waals surface area contributed by atoms with Gasteiger partial charge in [0, 0.05) is 41.8 Å². The average molecular weight is 585 g/mol. The number of aromatic nitrogens is 3. The molecule has 1 aromatic carbocycles. The van der Waals surface area contributed by atoms with Crippen LogP contribution >= 0.6 is 0 Å². The molecule has 0 bridgehead atoms. The zero-order valence-corrected chi connectivity index (χ0v) is 22.3. The van der Waals surface area contributed by atoms with E-state index < -0.39 is 72.6 Å². The first-order valence-corrected chi connectivity index (χ1v) is 12.9. The molecule has 4 amide bonds. The van der Waals surface area contributed by atoms with Crippen LogP contribution in [0.3, 0.4) is 0 Å². The highest BCUT2D eigenvalue weighted by molar-refractivity contribution is 5.95. The minimum Gasteiger partial charge on any atom is -0.481 e. The fraction of sp³-hybridized carbons (Fsp3) is 0.346. The summed E-state index contributed by atoms with van der Waals surface area (Å²) in [5, 5.41) is 26.5. The second kappa shape index (κ2) is 14.4. The maximum atomic E-state index is 13.3. The fourth-order valence-corrected chi connectivity index (χ4v) is 4.22. The number of fused-ring (bicyclic) bond motifs is 1. The Kier molecular flexibility index (Phi) is 10.7. The lowest BCUT2D eigenvalue weighted by Gasteiger charge is -2.24. The Morgan fingerprint density at radius 1 is 0.881 bits per heavy atom. The number of nitrogens with two attached hydrogens (primary N) is 2. The highest BCUT2D eigenvalue weighted by Gasteiger charge is 2.31. The molecule has 4 atom stereocenters. The minimum atomic E-state index is -1.67. The van der Waals surface area contributed by atoms with Crippen LogP contribution in [0.15, 0.2) is 43.0 Å². The van der Waals surface area contributed by atoms with Crippen molar-refractivity contribution < 1.29 is 39.0 Å². The smallest absolute Gasteiger partial charge is 0.326 e. The first-order valence-electron chi connectivity index (χ1n) is 12.9. The SMILES string of the molecule is NC(=O)CC(NC(=O)C(Cc1cnc[nH]1)NC(=O)C(CCC(=O)O)NC(=O)C(N)Cc1c[nH]c2ccccc12)C(=O)O. The van der Waals surface area contributed by atoms with Gasteiger partial charge in [-0.3, -0.25) is 24.0 Å². The number of carboxylic acids is 2. The number of para-hydroxylation sites is 1. The highest BCUT2D eigenvalue weighted by atomic mass is 16.4. The maximum Gasteiger partial charge on any atom is 0.326 e. The molecule has 0 aliphatic rings. The first-order chi connectivity index (χ1) is 19.9. The van der Waals surface area contributed by atoms with Gasteiger partial charge in [0.15, 0.2) is 0 Å². The summed E-state index contributed by atoms with van der Waals surface area (Å²) in [6.45, 7) is 0. The predicted octanol–water partition coefficient (Wildman–Crippen LogP) is -1.72. The Hall–Kier alpha value is -5.25. The molecule has 16 nitrogen and oxygen atoms in total. The van der Waals surface area contributed by atoms with Gasteiger partial charge in [-0.2, -0.15) is 0 Å². The maximum absolute atomic E-state index is 13.3. The monoisotopic (exact) mass is 584 g/mol. The molecule has 11 N–H and O–H groups in total. The Balaban J connectivity index is 1.75. The summed E-state index contributed by atoms with van der Waals surface area (Å²) in [6.07, 6.45) is 2.83. The molecule has 0 aliphatic heterocycles. The quantitative estimate of drug-likeness (QED) is 0.0918. The number of carbonyl (C=O) groups excluding carboxylic acids is 4. The summed E-state index contributed by atoms with van der Waals surface area (Å²) in [4.78, 5) is 83.0. The molecule has 3 rings (SSSR count). The number of nitrogens with one attached hydrogen (secondary N) is 5. The molecule has 16 heteroatoms. The van der Waals surface area contributed by atoms with Gasteiger partial charge in [0.1, 0.15) is 18.1 Å². The van der Waals surface area contributed by atoms with E-state index in [2.05, 4.69) is 30.9 Å². The van der Waals surface area contributed by atoms with Crippen LogP contribution < -0.4 is 27.4 Å². The van der Waals surface area contributed by atoms with E-state index in [1.807, 2.05) is 24.3 Å². The van der Waals surface area contributed by atoms with Crippen molar-refractivity contribution in [3.8, 4) is 0 Å². The number of carbonyl (C=O) groups is 6. The van der Waals surface area contributed by atoms with Gasteiger partial charge >= 0.3 is 11.9 Å². The average Bonchev–Trinajstić information content (AvgIpc) is 3.59. The second-order valence-corrected chi connectivity index (χ2v) is 9.58. The predicted molar refractivity (Wildman–Crippen MR) is 146 cm³/mol. The lowest BCUT2D eigenvalue weighted by Crippen LogP contribution is -2.58. The summed E-state index contributed by atoms with van der Waals surface area (Å²) >= 11 is 0. The largest absolute Gasteiger partial charge is 0.481 e. The third-order valence-corrected chi connectivity index (χ3v) is 6.36. The van der Waals surface area contributed by atoms with E-state index in [1.54, 1.807) is 6.20 Å². The zero-order chi connectivity index (χ0) is 30.8. The van der Waals surface area contributed by atoms with E-state index in [-0.39, 0.29) is 19.3 Å². The molecule has 0 fully saturated rings. The number of imidazole rings is 1. The van der Waals surface area contributed by atoms with E-state index in [0.717, 1.165) is 16.5 Å². The van der Waals surface area contributed by atoms with Gasteiger partial charge in [0.2, 0.25) is 23.6 Å². The van der Waals surface area contributed by atoms with Crippen LogP contribution in [0.25, 0.3) is 10.9 Å². The van der Waals surface area contributed by atoms with Crippen molar-refractivity contribution >= 4 is 46.5 Å². The van der Waals surface area contributed by atoms with Crippen molar-refractivity contribution in [2.24, 2.45) is 11.5 Å². The van der Waals surface area contributed by atoms with Gasteiger partial charge < -0.3 is 47.6 Å². The van der Waals surface area contributed by atoms with Crippen LogP contribution in [0.5, 0.6) is 0 Å². The zero-order valence-electron chi connectivity index (χ0n) is 22.3. The van der Waals surface area contributed by atoms with Crippen molar-refractivity contribution in [3.63, 3.8) is 0 Å². The van der Waals surface area contributed by atoms with Crippen molar-refractivity contribution in [2.75, 3.05) is 0 Å². The van der Waals surface area contributed by atoms with Crippen LogP contribution in [0.1, 0.15) is 30.5 Å². The van der Waals surface area contributed by atoms with Crippen LogP contribution in [0.2, 0.25) is 0 Å². The molecule has 0 saturated carbocycles. The van der Waals surface area contributed by atoms with E-state index in [1.165, 1.54) is 12.5 Å². The molecule has 2 heterocycles. The summed E-state index contributed by atoms with van der Waals surface area (Å²) in [5.41, 5.74) is 13.2. The second-order valence-electron chi connectivity index (χ2n) is 9.58. The lowest BCUT2D eigenvalue weighted by molar-refractivity contribution is -0.143. The minimum absolute atomic E-state index is 0.115. The molecular formula is C26H32N8O8. The van der Waals surface area contributed by atoms with E-state index >= 15 is 0 Å². The number of aromatic amines is 2. The Morgan fingerprint density at radius 2 is 1.55 bits per heavy atom. The van der Waals surface area contributed by atoms with E-state index in [0.29, 0.717) is 5.69 Å². The van der Waals surface area contributed by atoms with Crippen LogP contribution in [-0.4, -0.2) is 84.9 Å². The molecule has 224 valence electrons. The summed E-state index contributed by atoms with van der Waals surface area (Å²) in [7, 11) is 0. The molecule has 0 spiro atoms. The molecular weight excluding hydrogens is 552 g/mol. The number of rotatable bonds is 16.